The molecule has 0 saturated heterocycles. The molecule has 1 amide bonds. The summed E-state index contributed by atoms with van der Waals surface area (Å²) in [5.74, 6) is 0.705. The number of rotatable bonds is 8. The Balaban J connectivity index is 1.64. The van der Waals surface area contributed by atoms with Gasteiger partial charge >= 0.3 is 0 Å². The van der Waals surface area contributed by atoms with Gasteiger partial charge in [0.05, 0.1) is 19.6 Å². The highest BCUT2D eigenvalue weighted by molar-refractivity contribution is 5.96. The number of carbonyl (C=O) groups is 1. The van der Waals surface area contributed by atoms with Crippen molar-refractivity contribution in [3.05, 3.63) is 71.4 Å². The van der Waals surface area contributed by atoms with Gasteiger partial charge < -0.3 is 14.6 Å². The molecule has 0 unspecified atom stereocenters. The third-order valence-corrected chi connectivity index (χ3v) is 4.83. The molecule has 0 aliphatic carbocycles. The summed E-state index contributed by atoms with van der Waals surface area (Å²) in [5, 5.41) is 12.9. The molecule has 1 heterocycles. The van der Waals surface area contributed by atoms with Gasteiger partial charge in [-0.15, -0.1) is 0 Å². The van der Waals surface area contributed by atoms with Crippen LogP contribution in [-0.2, 0) is 17.8 Å². The highest BCUT2D eigenvalue weighted by atomic mass is 16.5. The highest BCUT2D eigenvalue weighted by Gasteiger charge is 2.07. The molecule has 5 nitrogen and oxygen atoms in total. The third kappa shape index (κ3) is 5.05. The van der Waals surface area contributed by atoms with Gasteiger partial charge in [-0.2, -0.15) is 5.26 Å². The van der Waals surface area contributed by atoms with Crippen LogP contribution in [-0.4, -0.2) is 24.1 Å². The number of hydrogen-bond acceptors (Lipinski definition) is 3. The average Bonchev–Trinajstić information content (AvgIpc) is 3.09. The van der Waals surface area contributed by atoms with Crippen LogP contribution in [0.3, 0.4) is 0 Å². The molecule has 0 aliphatic rings. The summed E-state index contributed by atoms with van der Waals surface area (Å²) in [6.45, 7) is 3.21. The minimum absolute atomic E-state index is 0.134. The second-order valence-electron chi connectivity index (χ2n) is 6.89. The zero-order chi connectivity index (χ0) is 20.6. The summed E-state index contributed by atoms with van der Waals surface area (Å²) < 4.78 is 7.44. The number of aromatic nitrogens is 1. The molecule has 29 heavy (non-hydrogen) atoms. The zero-order valence-electron chi connectivity index (χ0n) is 16.8. The van der Waals surface area contributed by atoms with Crippen molar-refractivity contribution in [3.63, 3.8) is 0 Å². The number of methoxy groups -OCH3 is 1. The first-order chi connectivity index (χ1) is 14.1. The number of ether oxygens (including phenoxy) is 1. The quantitative estimate of drug-likeness (QED) is 0.588. The molecule has 0 atom stereocenters. The summed E-state index contributed by atoms with van der Waals surface area (Å²) in [5.41, 5.74) is 4.28. The molecular weight excluding hydrogens is 362 g/mol. The minimum atomic E-state index is -0.134. The van der Waals surface area contributed by atoms with Crippen LogP contribution in [0.4, 0.5) is 0 Å². The van der Waals surface area contributed by atoms with Crippen LogP contribution < -0.4 is 10.1 Å². The first-order valence-electron chi connectivity index (χ1n) is 9.66. The lowest BCUT2D eigenvalue weighted by molar-refractivity contribution is -0.116. The molecule has 2 aromatic carbocycles. The maximum atomic E-state index is 12.3. The lowest BCUT2D eigenvalue weighted by atomic mass is 10.1. The van der Waals surface area contributed by atoms with Gasteiger partial charge in [-0.3, -0.25) is 4.79 Å². The molecule has 148 valence electrons. The summed E-state index contributed by atoms with van der Waals surface area (Å²) in [6, 6.07) is 16.2. The zero-order valence-corrected chi connectivity index (χ0v) is 16.8. The molecule has 0 aliphatic heterocycles. The number of nitrogens with zero attached hydrogens (tertiary/aromatic N) is 2. The molecule has 1 N–H and O–H groups in total. The Morgan fingerprint density at radius 3 is 2.90 bits per heavy atom. The van der Waals surface area contributed by atoms with E-state index in [9.17, 15) is 4.79 Å². The standard InChI is InChI=1S/C24H25N3O2/c1-18-8-10-23(29-2)19(16-18)12-14-26-24(28)11-9-20-17-27(15-5-13-25)22-7-4-3-6-21(20)22/h3-4,6-11,16-17H,5,12,14-15H2,1-2H3,(H,26,28)/b11-9+. The third-order valence-electron chi connectivity index (χ3n) is 4.83. The molecule has 1 aromatic heterocycles. The Bertz CT molecular complexity index is 1070. The fourth-order valence-corrected chi connectivity index (χ4v) is 3.41. The number of fused-ring (bicyclic) bond motifs is 1. The Kier molecular flexibility index (Phi) is 6.70. The van der Waals surface area contributed by atoms with Gasteiger partial charge in [-0.25, -0.2) is 0 Å². The van der Waals surface area contributed by atoms with Gasteiger partial charge in [0.25, 0.3) is 0 Å². The largest absolute Gasteiger partial charge is 0.496 e. The first-order valence-corrected chi connectivity index (χ1v) is 9.66. The highest BCUT2D eigenvalue weighted by Crippen LogP contribution is 2.23. The Labute approximate surface area is 171 Å². The van der Waals surface area contributed by atoms with E-state index in [0.29, 0.717) is 25.9 Å². The fraction of sp³-hybridized carbons (Fsp3) is 0.250. The Hall–Kier alpha value is -3.52. The second kappa shape index (κ2) is 9.61. The predicted molar refractivity (Wildman–Crippen MR) is 116 cm³/mol. The van der Waals surface area contributed by atoms with Crippen LogP contribution >= 0.6 is 0 Å². The number of benzene rings is 2. The Morgan fingerprint density at radius 2 is 2.10 bits per heavy atom. The molecule has 3 rings (SSSR count). The van der Waals surface area contributed by atoms with E-state index in [1.165, 1.54) is 5.56 Å². The van der Waals surface area contributed by atoms with Crippen LogP contribution in [0.5, 0.6) is 5.75 Å². The monoisotopic (exact) mass is 387 g/mol. The lowest BCUT2D eigenvalue weighted by Gasteiger charge is -2.09. The normalized spacial score (nSPS) is 10.9. The van der Waals surface area contributed by atoms with E-state index < -0.39 is 0 Å². The number of para-hydroxylation sites is 1. The molecule has 0 saturated carbocycles. The van der Waals surface area contributed by atoms with E-state index in [-0.39, 0.29) is 5.91 Å². The molecule has 0 spiro atoms. The van der Waals surface area contributed by atoms with E-state index >= 15 is 0 Å². The van der Waals surface area contributed by atoms with E-state index in [1.807, 2.05) is 55.6 Å². The van der Waals surface area contributed by atoms with Crippen molar-refractivity contribution in [1.82, 2.24) is 9.88 Å². The number of aryl methyl sites for hydroxylation is 2. The minimum Gasteiger partial charge on any atom is -0.496 e. The Morgan fingerprint density at radius 1 is 1.28 bits per heavy atom. The summed E-state index contributed by atoms with van der Waals surface area (Å²) in [7, 11) is 1.66. The van der Waals surface area contributed by atoms with Crippen molar-refractivity contribution in [2.75, 3.05) is 13.7 Å². The smallest absolute Gasteiger partial charge is 0.244 e. The van der Waals surface area contributed by atoms with E-state index in [0.717, 1.165) is 27.8 Å². The predicted octanol–water partition coefficient (Wildman–Crippen LogP) is 4.24. The van der Waals surface area contributed by atoms with Crippen molar-refractivity contribution < 1.29 is 9.53 Å². The van der Waals surface area contributed by atoms with Gasteiger partial charge in [-0.1, -0.05) is 35.9 Å². The van der Waals surface area contributed by atoms with Crippen LogP contribution in [0.25, 0.3) is 17.0 Å². The number of hydrogen-bond donors (Lipinski definition) is 1. The first kappa shape index (κ1) is 20.2. The van der Waals surface area contributed by atoms with Crippen molar-refractivity contribution in [2.24, 2.45) is 0 Å². The molecule has 0 bridgehead atoms. The number of nitriles is 1. The van der Waals surface area contributed by atoms with E-state index in [2.05, 4.69) is 22.0 Å². The molecule has 0 fully saturated rings. The van der Waals surface area contributed by atoms with Gasteiger partial charge in [0, 0.05) is 41.8 Å². The maximum absolute atomic E-state index is 12.3. The summed E-state index contributed by atoms with van der Waals surface area (Å²) in [6.07, 6.45) is 6.53. The molecule has 0 radical (unpaired) electrons. The van der Waals surface area contributed by atoms with Crippen molar-refractivity contribution >= 4 is 22.9 Å². The molecule has 3 aromatic rings. The summed E-state index contributed by atoms with van der Waals surface area (Å²) in [4.78, 5) is 12.3. The fourth-order valence-electron chi connectivity index (χ4n) is 3.41. The molecular formula is C24H25N3O2. The van der Waals surface area contributed by atoms with Crippen molar-refractivity contribution in [2.45, 2.75) is 26.3 Å². The number of carbonyl (C=O) groups excluding carboxylic acids is 1. The summed E-state index contributed by atoms with van der Waals surface area (Å²) >= 11 is 0. The SMILES string of the molecule is COc1ccc(C)cc1CCNC(=O)/C=C/c1cn(CCC#N)c2ccccc12. The van der Waals surface area contributed by atoms with Crippen LogP contribution in [0.2, 0.25) is 0 Å². The van der Waals surface area contributed by atoms with Crippen molar-refractivity contribution in [3.8, 4) is 11.8 Å². The van der Waals surface area contributed by atoms with E-state index in [4.69, 9.17) is 10.00 Å². The maximum Gasteiger partial charge on any atom is 0.244 e. The second-order valence-corrected chi connectivity index (χ2v) is 6.89. The van der Waals surface area contributed by atoms with Gasteiger partial charge in [0.1, 0.15) is 5.75 Å². The number of amides is 1. The van der Waals surface area contributed by atoms with Gasteiger partial charge in [0.2, 0.25) is 5.91 Å². The molecule has 5 heteroatoms. The van der Waals surface area contributed by atoms with Gasteiger partial charge in [-0.05, 0) is 37.1 Å². The van der Waals surface area contributed by atoms with E-state index in [1.54, 1.807) is 13.2 Å². The topological polar surface area (TPSA) is 67.0 Å². The van der Waals surface area contributed by atoms with Crippen LogP contribution in [0, 0.1) is 18.3 Å². The van der Waals surface area contributed by atoms with Gasteiger partial charge in [0.15, 0.2) is 0 Å². The van der Waals surface area contributed by atoms with Crippen molar-refractivity contribution in [1.29, 1.82) is 5.26 Å². The van der Waals surface area contributed by atoms with Crippen LogP contribution in [0.15, 0.2) is 54.7 Å². The number of nitrogens with one attached hydrogen (secondary N) is 1. The average molecular weight is 387 g/mol. The lowest BCUT2D eigenvalue weighted by Crippen LogP contribution is -2.23. The van der Waals surface area contributed by atoms with Crippen LogP contribution in [0.1, 0.15) is 23.1 Å².